The van der Waals surface area contributed by atoms with Crippen molar-refractivity contribution in [3.05, 3.63) is 28.5 Å². The Morgan fingerprint density at radius 3 is 2.72 bits per heavy atom. The van der Waals surface area contributed by atoms with E-state index in [-0.39, 0.29) is 11.4 Å². The van der Waals surface area contributed by atoms with Crippen LogP contribution >= 0.6 is 15.9 Å². The normalized spacial score (nSPS) is 19.4. The predicted molar refractivity (Wildman–Crippen MR) is 73.1 cm³/mol. The van der Waals surface area contributed by atoms with Crippen LogP contribution in [-0.4, -0.2) is 22.4 Å². The molecule has 96 valence electrons. The van der Waals surface area contributed by atoms with Crippen molar-refractivity contribution in [1.82, 2.24) is 15.6 Å². The van der Waals surface area contributed by atoms with Gasteiger partial charge in [0.05, 0.1) is 0 Å². The van der Waals surface area contributed by atoms with E-state index in [0.29, 0.717) is 5.96 Å². The predicted octanol–water partition coefficient (Wildman–Crippen LogP) is 1.76. The Bertz CT molecular complexity index is 507. The van der Waals surface area contributed by atoms with Crippen LogP contribution in [0.4, 0.5) is 0 Å². The number of amides is 1. The van der Waals surface area contributed by atoms with Gasteiger partial charge in [0.1, 0.15) is 0 Å². The quantitative estimate of drug-likeness (QED) is 0.830. The monoisotopic (exact) mass is 310 g/mol. The molecule has 2 N–H and O–H groups in total. The summed E-state index contributed by atoms with van der Waals surface area (Å²) < 4.78 is 0.834. The van der Waals surface area contributed by atoms with Crippen LogP contribution in [0, 0.1) is 0 Å². The molecule has 0 bridgehead atoms. The number of nitrogens with zero attached hydrogens (tertiary/aromatic N) is 2. The zero-order valence-electron chi connectivity index (χ0n) is 10.5. The number of carbonyl (C=O) groups excluding carboxylic acids is 1. The summed E-state index contributed by atoms with van der Waals surface area (Å²) in [6.45, 7) is 6.03. The Balaban J connectivity index is 2.22. The molecular weight excluding hydrogens is 296 g/mol. The van der Waals surface area contributed by atoms with Gasteiger partial charge in [-0.25, -0.2) is 4.99 Å². The molecule has 0 fully saturated rings. The molecule has 1 aliphatic rings. The van der Waals surface area contributed by atoms with Gasteiger partial charge in [-0.15, -0.1) is 0 Å². The third kappa shape index (κ3) is 3.07. The van der Waals surface area contributed by atoms with Crippen LogP contribution < -0.4 is 10.6 Å². The summed E-state index contributed by atoms with van der Waals surface area (Å²) in [5.41, 5.74) is 0.629. The van der Waals surface area contributed by atoms with Gasteiger partial charge in [0, 0.05) is 28.0 Å². The SMILES string of the molecule is CC(C)(C)NC1=NC(c2cncc(Br)c2)C(=O)N1. The number of aromatic nitrogens is 1. The van der Waals surface area contributed by atoms with Gasteiger partial charge in [-0.2, -0.15) is 0 Å². The van der Waals surface area contributed by atoms with Crippen molar-refractivity contribution in [3.8, 4) is 0 Å². The zero-order valence-corrected chi connectivity index (χ0v) is 12.1. The van der Waals surface area contributed by atoms with Crippen LogP contribution in [-0.2, 0) is 4.79 Å². The first-order valence-electron chi connectivity index (χ1n) is 5.62. The maximum Gasteiger partial charge on any atom is 0.256 e. The molecule has 0 radical (unpaired) electrons. The Kier molecular flexibility index (Phi) is 3.38. The van der Waals surface area contributed by atoms with E-state index in [0.717, 1.165) is 10.0 Å². The fraction of sp³-hybridized carbons (Fsp3) is 0.417. The molecule has 1 aromatic rings. The molecule has 0 saturated carbocycles. The van der Waals surface area contributed by atoms with Crippen molar-refractivity contribution in [2.75, 3.05) is 0 Å². The van der Waals surface area contributed by atoms with E-state index >= 15 is 0 Å². The molecule has 0 aromatic carbocycles. The van der Waals surface area contributed by atoms with Gasteiger partial charge >= 0.3 is 0 Å². The molecule has 2 heterocycles. The number of nitrogens with one attached hydrogen (secondary N) is 2. The van der Waals surface area contributed by atoms with Gasteiger partial charge in [0.25, 0.3) is 5.91 Å². The summed E-state index contributed by atoms with van der Waals surface area (Å²) in [4.78, 5) is 20.3. The highest BCUT2D eigenvalue weighted by molar-refractivity contribution is 9.10. The number of guanidine groups is 1. The number of aliphatic imine (C=N–C) groups is 1. The number of carbonyl (C=O) groups is 1. The van der Waals surface area contributed by atoms with Gasteiger partial charge in [-0.05, 0) is 42.8 Å². The van der Waals surface area contributed by atoms with E-state index in [2.05, 4.69) is 36.5 Å². The molecule has 1 aliphatic heterocycles. The lowest BCUT2D eigenvalue weighted by Gasteiger charge is -2.21. The summed E-state index contributed by atoms with van der Waals surface area (Å²) in [6.07, 6.45) is 3.33. The standard InChI is InChI=1S/C12H15BrN4O/c1-12(2,3)17-11-15-9(10(18)16-11)7-4-8(13)6-14-5-7/h4-6,9H,1-3H3,(H2,15,16,17,18). The van der Waals surface area contributed by atoms with Gasteiger partial charge in [0.2, 0.25) is 0 Å². The van der Waals surface area contributed by atoms with E-state index < -0.39 is 6.04 Å². The van der Waals surface area contributed by atoms with Crippen molar-refractivity contribution in [1.29, 1.82) is 0 Å². The lowest BCUT2D eigenvalue weighted by molar-refractivity contribution is -0.120. The fourth-order valence-corrected chi connectivity index (χ4v) is 2.01. The Morgan fingerprint density at radius 2 is 2.11 bits per heavy atom. The molecule has 6 heteroatoms. The maximum absolute atomic E-state index is 11.9. The highest BCUT2D eigenvalue weighted by Crippen LogP contribution is 2.23. The van der Waals surface area contributed by atoms with E-state index in [1.165, 1.54) is 0 Å². The molecule has 5 nitrogen and oxygen atoms in total. The van der Waals surface area contributed by atoms with E-state index in [1.54, 1.807) is 12.4 Å². The first kappa shape index (κ1) is 13.0. The first-order valence-corrected chi connectivity index (χ1v) is 6.42. The van der Waals surface area contributed by atoms with Crippen LogP contribution in [0.2, 0.25) is 0 Å². The summed E-state index contributed by atoms with van der Waals surface area (Å²) in [6, 6.07) is 1.32. The van der Waals surface area contributed by atoms with Crippen LogP contribution in [0.5, 0.6) is 0 Å². The topological polar surface area (TPSA) is 66.4 Å². The second kappa shape index (κ2) is 4.68. The van der Waals surface area contributed by atoms with Crippen LogP contribution in [0.25, 0.3) is 0 Å². The maximum atomic E-state index is 11.9. The number of rotatable bonds is 1. The van der Waals surface area contributed by atoms with E-state index in [9.17, 15) is 4.79 Å². The third-order valence-corrected chi connectivity index (χ3v) is 2.72. The van der Waals surface area contributed by atoms with Gasteiger partial charge in [0.15, 0.2) is 12.0 Å². The summed E-state index contributed by atoms with van der Waals surface area (Å²) in [5.74, 6) is 0.374. The van der Waals surface area contributed by atoms with E-state index in [4.69, 9.17) is 0 Å². The highest BCUT2D eigenvalue weighted by Gasteiger charge is 2.29. The van der Waals surface area contributed by atoms with Crippen molar-refractivity contribution in [2.24, 2.45) is 4.99 Å². The second-order valence-corrected chi connectivity index (χ2v) is 6.10. The largest absolute Gasteiger partial charge is 0.351 e. The second-order valence-electron chi connectivity index (χ2n) is 5.18. The van der Waals surface area contributed by atoms with Gasteiger partial charge < -0.3 is 5.32 Å². The van der Waals surface area contributed by atoms with Gasteiger partial charge in [-0.1, -0.05) is 0 Å². The summed E-state index contributed by atoms with van der Waals surface area (Å²) in [5, 5.41) is 5.88. The average molecular weight is 311 g/mol. The smallest absolute Gasteiger partial charge is 0.256 e. The minimum absolute atomic E-state index is 0.137. The van der Waals surface area contributed by atoms with Gasteiger partial charge in [-0.3, -0.25) is 15.1 Å². The van der Waals surface area contributed by atoms with Crippen molar-refractivity contribution < 1.29 is 4.79 Å². The van der Waals surface area contributed by atoms with E-state index in [1.807, 2.05) is 26.8 Å². The fourth-order valence-electron chi connectivity index (χ4n) is 1.63. The molecule has 0 aliphatic carbocycles. The van der Waals surface area contributed by atoms with Crippen molar-refractivity contribution >= 4 is 27.8 Å². The Labute approximate surface area is 114 Å². The molecule has 0 saturated heterocycles. The summed E-state index contributed by atoms with van der Waals surface area (Å²) in [7, 11) is 0. The molecule has 18 heavy (non-hydrogen) atoms. The molecular formula is C12H15BrN4O. The molecule has 2 rings (SSSR count). The minimum atomic E-state index is -0.528. The number of halogens is 1. The lowest BCUT2D eigenvalue weighted by atomic mass is 10.1. The number of pyridine rings is 1. The number of hydrogen-bond donors (Lipinski definition) is 2. The molecule has 1 aromatic heterocycles. The summed E-state index contributed by atoms with van der Waals surface area (Å²) >= 11 is 3.33. The molecule has 1 unspecified atom stereocenters. The number of hydrogen-bond acceptors (Lipinski definition) is 4. The molecule has 1 atom stereocenters. The lowest BCUT2D eigenvalue weighted by Crippen LogP contribution is -2.46. The highest BCUT2D eigenvalue weighted by atomic mass is 79.9. The minimum Gasteiger partial charge on any atom is -0.351 e. The van der Waals surface area contributed by atoms with Crippen molar-refractivity contribution in [3.63, 3.8) is 0 Å². The Hall–Kier alpha value is -1.43. The first-order chi connectivity index (χ1) is 8.35. The molecule has 0 spiro atoms. The van der Waals surface area contributed by atoms with Crippen LogP contribution in [0.15, 0.2) is 27.9 Å². The van der Waals surface area contributed by atoms with Crippen molar-refractivity contribution in [2.45, 2.75) is 32.4 Å². The third-order valence-electron chi connectivity index (χ3n) is 2.28. The average Bonchev–Trinajstić information content (AvgIpc) is 2.56. The molecule has 1 amide bonds. The zero-order chi connectivity index (χ0) is 13.3. The Morgan fingerprint density at radius 1 is 1.39 bits per heavy atom. The van der Waals surface area contributed by atoms with Crippen LogP contribution in [0.1, 0.15) is 32.4 Å². The van der Waals surface area contributed by atoms with Crippen LogP contribution in [0.3, 0.4) is 0 Å².